The van der Waals surface area contributed by atoms with Gasteiger partial charge in [-0.2, -0.15) is 0 Å². The first-order valence-electron chi connectivity index (χ1n) is 6.08. The van der Waals surface area contributed by atoms with E-state index >= 15 is 0 Å². The van der Waals surface area contributed by atoms with Crippen molar-refractivity contribution in [2.75, 3.05) is 0 Å². The Hall–Kier alpha value is -2.60. The highest BCUT2D eigenvalue weighted by Gasteiger charge is 2.19. The molecule has 0 spiro atoms. The highest BCUT2D eigenvalue weighted by Crippen LogP contribution is 2.23. The maximum Gasteiger partial charge on any atom is 0.356 e. The fourth-order valence-corrected chi connectivity index (χ4v) is 2.24. The van der Waals surface area contributed by atoms with Crippen LogP contribution in [0.1, 0.15) is 16.3 Å². The van der Waals surface area contributed by atoms with Gasteiger partial charge in [0.05, 0.1) is 16.7 Å². The van der Waals surface area contributed by atoms with Crippen molar-refractivity contribution in [2.24, 2.45) is 0 Å². The van der Waals surface area contributed by atoms with Gasteiger partial charge in [0.25, 0.3) is 0 Å². The van der Waals surface area contributed by atoms with Crippen LogP contribution in [-0.4, -0.2) is 25.4 Å². The van der Waals surface area contributed by atoms with Gasteiger partial charge in [0, 0.05) is 12.4 Å². The topological polar surface area (TPSA) is 76.7 Å². The number of hydrogen-bond acceptors (Lipinski definition) is 4. The number of halogens is 1. The molecule has 0 saturated heterocycles. The van der Waals surface area contributed by atoms with Gasteiger partial charge in [0.15, 0.2) is 11.5 Å². The van der Waals surface area contributed by atoms with Crippen molar-refractivity contribution >= 4 is 23.1 Å². The number of hydrogen-bond donors (Lipinski definition) is 1. The van der Waals surface area contributed by atoms with E-state index < -0.39 is 5.97 Å². The van der Waals surface area contributed by atoms with Gasteiger partial charge in [-0.3, -0.25) is 9.38 Å². The number of carboxylic acids is 1. The van der Waals surface area contributed by atoms with Crippen molar-refractivity contribution in [1.82, 2.24) is 14.4 Å². The molecule has 0 radical (unpaired) electrons. The molecule has 3 heterocycles. The van der Waals surface area contributed by atoms with Crippen LogP contribution < -0.4 is 4.74 Å². The first kappa shape index (κ1) is 13.4. The lowest BCUT2D eigenvalue weighted by atomic mass is 10.3. The van der Waals surface area contributed by atoms with Crippen molar-refractivity contribution in [3.8, 4) is 5.75 Å². The second kappa shape index (κ2) is 5.41. The molecule has 0 aliphatic rings. The SMILES string of the molecule is O=C(O)c1nc(COc2cccnc2)n2cccc(Cl)c12. The van der Waals surface area contributed by atoms with E-state index in [1.54, 1.807) is 47.3 Å². The van der Waals surface area contributed by atoms with Crippen LogP contribution in [0.4, 0.5) is 0 Å². The number of carboxylic acid groups (broad SMARTS) is 1. The van der Waals surface area contributed by atoms with Crippen molar-refractivity contribution < 1.29 is 14.6 Å². The second-order valence-electron chi connectivity index (χ2n) is 4.23. The van der Waals surface area contributed by atoms with Gasteiger partial charge in [-0.25, -0.2) is 9.78 Å². The van der Waals surface area contributed by atoms with E-state index in [0.29, 0.717) is 22.1 Å². The number of rotatable bonds is 4. The van der Waals surface area contributed by atoms with Crippen LogP contribution in [0.25, 0.3) is 5.52 Å². The monoisotopic (exact) mass is 303 g/mol. The molecule has 0 aromatic carbocycles. The van der Waals surface area contributed by atoms with Crippen LogP contribution in [0.15, 0.2) is 42.9 Å². The number of carbonyl (C=O) groups is 1. The molecule has 7 heteroatoms. The van der Waals surface area contributed by atoms with E-state index in [1.165, 1.54) is 0 Å². The molecule has 0 fully saturated rings. The van der Waals surface area contributed by atoms with E-state index in [-0.39, 0.29) is 12.3 Å². The number of fused-ring (bicyclic) bond motifs is 1. The van der Waals surface area contributed by atoms with Gasteiger partial charge >= 0.3 is 5.97 Å². The van der Waals surface area contributed by atoms with Gasteiger partial charge in [-0.05, 0) is 24.3 Å². The van der Waals surface area contributed by atoms with Crippen molar-refractivity contribution in [3.63, 3.8) is 0 Å². The van der Waals surface area contributed by atoms with Crippen molar-refractivity contribution in [3.05, 3.63) is 59.4 Å². The van der Waals surface area contributed by atoms with Crippen LogP contribution in [0.3, 0.4) is 0 Å². The molecule has 1 N–H and O–H groups in total. The van der Waals surface area contributed by atoms with Crippen LogP contribution in [-0.2, 0) is 6.61 Å². The van der Waals surface area contributed by atoms with E-state index in [4.69, 9.17) is 16.3 Å². The molecule has 0 bridgehead atoms. The molecule has 0 saturated carbocycles. The molecule has 0 aliphatic carbocycles. The molecule has 0 unspecified atom stereocenters. The largest absolute Gasteiger partial charge is 0.484 e. The first-order chi connectivity index (χ1) is 10.2. The maximum atomic E-state index is 11.3. The van der Waals surface area contributed by atoms with Gasteiger partial charge < -0.3 is 9.84 Å². The molecule has 106 valence electrons. The summed E-state index contributed by atoms with van der Waals surface area (Å²) in [6.07, 6.45) is 4.91. The third kappa shape index (κ3) is 2.53. The summed E-state index contributed by atoms with van der Waals surface area (Å²) >= 11 is 6.06. The highest BCUT2D eigenvalue weighted by molar-refractivity contribution is 6.34. The zero-order chi connectivity index (χ0) is 14.8. The number of nitrogens with zero attached hydrogens (tertiary/aromatic N) is 3. The molecule has 0 amide bonds. The molecule has 3 rings (SSSR count). The third-order valence-corrected chi connectivity index (χ3v) is 3.20. The zero-order valence-electron chi connectivity index (χ0n) is 10.7. The molecule has 0 atom stereocenters. The molecular weight excluding hydrogens is 294 g/mol. The van der Waals surface area contributed by atoms with Gasteiger partial charge in [0.1, 0.15) is 12.4 Å². The Morgan fingerprint density at radius 1 is 1.38 bits per heavy atom. The lowest BCUT2D eigenvalue weighted by Gasteiger charge is -2.05. The Morgan fingerprint density at radius 2 is 2.24 bits per heavy atom. The molecule has 6 nitrogen and oxygen atoms in total. The van der Waals surface area contributed by atoms with Gasteiger partial charge in [-0.1, -0.05) is 11.6 Å². The molecule has 3 aromatic heterocycles. The van der Waals surface area contributed by atoms with Crippen LogP contribution in [0.5, 0.6) is 5.75 Å². The smallest absolute Gasteiger partial charge is 0.356 e. The summed E-state index contributed by atoms with van der Waals surface area (Å²) in [5.74, 6) is -0.102. The number of pyridine rings is 2. The Labute approximate surface area is 124 Å². The number of imidazole rings is 1. The first-order valence-corrected chi connectivity index (χ1v) is 6.46. The van der Waals surface area contributed by atoms with E-state index in [9.17, 15) is 9.90 Å². The summed E-state index contributed by atoms with van der Waals surface area (Å²) < 4.78 is 7.16. The van der Waals surface area contributed by atoms with Crippen molar-refractivity contribution in [1.29, 1.82) is 0 Å². The van der Waals surface area contributed by atoms with Crippen LogP contribution in [0, 0.1) is 0 Å². The summed E-state index contributed by atoms with van der Waals surface area (Å²) in [5, 5.41) is 9.55. The van der Waals surface area contributed by atoms with Crippen LogP contribution >= 0.6 is 11.6 Å². The molecular formula is C14H10ClN3O3. The predicted octanol–water partition coefficient (Wildman–Crippen LogP) is 2.66. The summed E-state index contributed by atoms with van der Waals surface area (Å²) in [4.78, 5) is 19.3. The quantitative estimate of drug-likeness (QED) is 0.802. The van der Waals surface area contributed by atoms with Crippen LogP contribution in [0.2, 0.25) is 5.02 Å². The second-order valence-corrected chi connectivity index (χ2v) is 4.64. The van der Waals surface area contributed by atoms with E-state index in [2.05, 4.69) is 9.97 Å². The summed E-state index contributed by atoms with van der Waals surface area (Å²) in [6, 6.07) is 6.85. The molecule has 0 aliphatic heterocycles. The van der Waals surface area contributed by atoms with E-state index in [1.807, 2.05) is 0 Å². The minimum Gasteiger partial charge on any atom is -0.484 e. The Balaban J connectivity index is 1.99. The highest BCUT2D eigenvalue weighted by atomic mass is 35.5. The summed E-state index contributed by atoms with van der Waals surface area (Å²) in [5.41, 5.74) is 0.266. The summed E-state index contributed by atoms with van der Waals surface area (Å²) in [6.45, 7) is 0.112. The lowest BCUT2D eigenvalue weighted by molar-refractivity contribution is 0.0693. The fourth-order valence-electron chi connectivity index (χ4n) is 1.99. The standard InChI is InChI=1S/C14H10ClN3O3/c15-10-4-2-6-18-11(17-12(13(10)18)14(19)20)8-21-9-3-1-5-16-7-9/h1-7H,8H2,(H,19,20). The van der Waals surface area contributed by atoms with E-state index in [0.717, 1.165) is 0 Å². The molecule has 21 heavy (non-hydrogen) atoms. The normalized spacial score (nSPS) is 10.7. The number of ether oxygens (including phenoxy) is 1. The summed E-state index contributed by atoms with van der Waals surface area (Å²) in [7, 11) is 0. The lowest BCUT2D eigenvalue weighted by Crippen LogP contribution is -2.01. The average Bonchev–Trinajstić information content (AvgIpc) is 2.87. The Bertz CT molecular complexity index is 802. The number of aromatic carboxylic acids is 1. The Morgan fingerprint density at radius 3 is 2.95 bits per heavy atom. The zero-order valence-corrected chi connectivity index (χ0v) is 11.5. The number of aromatic nitrogens is 3. The predicted molar refractivity (Wildman–Crippen MR) is 75.7 cm³/mol. The average molecular weight is 304 g/mol. The minimum atomic E-state index is -1.13. The molecule has 3 aromatic rings. The minimum absolute atomic E-state index is 0.0922. The van der Waals surface area contributed by atoms with Gasteiger partial charge in [-0.15, -0.1) is 0 Å². The third-order valence-electron chi connectivity index (χ3n) is 2.89. The Kier molecular flexibility index (Phi) is 3.45. The van der Waals surface area contributed by atoms with Crippen molar-refractivity contribution in [2.45, 2.75) is 6.61 Å². The maximum absolute atomic E-state index is 11.3. The fraction of sp³-hybridized carbons (Fsp3) is 0.0714. The van der Waals surface area contributed by atoms with Gasteiger partial charge in [0.2, 0.25) is 0 Å².